The maximum absolute atomic E-state index is 4.05. The highest BCUT2D eigenvalue weighted by Gasteiger charge is 2.18. The van der Waals surface area contributed by atoms with Crippen LogP contribution in [0.5, 0.6) is 0 Å². The van der Waals surface area contributed by atoms with Gasteiger partial charge < -0.3 is 0 Å². The lowest BCUT2D eigenvalue weighted by Gasteiger charge is -1.95. The summed E-state index contributed by atoms with van der Waals surface area (Å²) in [5.74, 6) is 1.07. The largest absolute Gasteiger partial charge is 0.121 e. The van der Waals surface area contributed by atoms with Crippen molar-refractivity contribution in [2.75, 3.05) is 5.75 Å². The molecule has 0 bridgehead atoms. The lowest BCUT2D eigenvalue weighted by Crippen LogP contribution is -1.78. The number of thioether (sulfide) groups is 1. The third-order valence-corrected chi connectivity index (χ3v) is 3.38. The van der Waals surface area contributed by atoms with E-state index in [1.807, 2.05) is 11.8 Å². The van der Waals surface area contributed by atoms with Crippen LogP contribution in [-0.4, -0.2) is 5.75 Å². The molecule has 62 valence electrons. The van der Waals surface area contributed by atoms with E-state index in [4.69, 9.17) is 0 Å². The van der Waals surface area contributed by atoms with Crippen LogP contribution in [-0.2, 0) is 0 Å². The molecule has 12 heavy (non-hydrogen) atoms. The first-order chi connectivity index (χ1) is 5.77. The second-order valence-corrected chi connectivity index (χ2v) is 4.28. The Labute approximate surface area is 77.7 Å². The van der Waals surface area contributed by atoms with E-state index in [2.05, 4.69) is 31.7 Å². The fourth-order valence-electron chi connectivity index (χ4n) is 1.41. The van der Waals surface area contributed by atoms with Gasteiger partial charge in [0.25, 0.3) is 0 Å². The Bertz CT molecular complexity index is 316. The summed E-state index contributed by atoms with van der Waals surface area (Å²) >= 11 is 1.91. The van der Waals surface area contributed by atoms with E-state index in [0.717, 1.165) is 12.2 Å². The lowest BCUT2D eigenvalue weighted by molar-refractivity contribution is 1.22. The summed E-state index contributed by atoms with van der Waals surface area (Å²) in [4.78, 5) is 1.42. The molecule has 0 unspecified atom stereocenters. The molecule has 1 aliphatic carbocycles. The summed E-state index contributed by atoms with van der Waals surface area (Å²) in [6.45, 7) is 6.22. The third-order valence-electron chi connectivity index (χ3n) is 2.19. The van der Waals surface area contributed by atoms with Crippen molar-refractivity contribution in [3.05, 3.63) is 46.4 Å². The molecule has 1 fully saturated rings. The van der Waals surface area contributed by atoms with Crippen molar-refractivity contribution in [2.24, 2.45) is 0 Å². The SMILES string of the molecule is C=C1CSC2=CCC(C)=CC=C12. The lowest BCUT2D eigenvalue weighted by atomic mass is 10.1. The van der Waals surface area contributed by atoms with Crippen molar-refractivity contribution < 1.29 is 0 Å². The molecule has 1 saturated heterocycles. The predicted molar refractivity (Wildman–Crippen MR) is 56.1 cm³/mol. The predicted octanol–water partition coefficient (Wildman–Crippen LogP) is 3.45. The van der Waals surface area contributed by atoms with E-state index >= 15 is 0 Å². The maximum Gasteiger partial charge on any atom is 0.0232 e. The van der Waals surface area contributed by atoms with Gasteiger partial charge in [0.2, 0.25) is 0 Å². The minimum Gasteiger partial charge on any atom is -0.121 e. The summed E-state index contributed by atoms with van der Waals surface area (Å²) in [7, 11) is 0. The Morgan fingerprint density at radius 2 is 2.25 bits per heavy atom. The Morgan fingerprint density at radius 1 is 1.42 bits per heavy atom. The van der Waals surface area contributed by atoms with Crippen molar-refractivity contribution in [1.82, 2.24) is 0 Å². The summed E-state index contributed by atoms with van der Waals surface area (Å²) in [6, 6.07) is 0. The summed E-state index contributed by atoms with van der Waals surface area (Å²) in [6.07, 6.45) is 7.82. The molecule has 0 atom stereocenters. The highest BCUT2D eigenvalue weighted by atomic mass is 32.2. The van der Waals surface area contributed by atoms with Crippen LogP contribution in [0, 0.1) is 0 Å². The molecule has 0 aromatic carbocycles. The molecule has 0 aromatic heterocycles. The average molecular weight is 176 g/mol. The molecule has 0 amide bonds. The van der Waals surface area contributed by atoms with Crippen molar-refractivity contribution in [3.8, 4) is 0 Å². The van der Waals surface area contributed by atoms with Crippen LogP contribution in [0.3, 0.4) is 0 Å². The Balaban J connectivity index is 2.42. The fourth-order valence-corrected chi connectivity index (χ4v) is 2.47. The topological polar surface area (TPSA) is 0 Å². The second-order valence-electron chi connectivity index (χ2n) is 3.26. The quantitative estimate of drug-likeness (QED) is 0.544. The number of allylic oxidation sites excluding steroid dienone is 5. The standard InChI is InChI=1S/C11H12S/c1-8-3-5-10-9(2)7-12-11(10)6-4-8/h3,5-6H,2,4,7H2,1H3. The van der Waals surface area contributed by atoms with E-state index in [9.17, 15) is 0 Å². The van der Waals surface area contributed by atoms with Crippen molar-refractivity contribution in [2.45, 2.75) is 13.3 Å². The molecule has 2 rings (SSSR count). The summed E-state index contributed by atoms with van der Waals surface area (Å²) in [5, 5.41) is 0. The van der Waals surface area contributed by atoms with Gasteiger partial charge in [0.15, 0.2) is 0 Å². The van der Waals surface area contributed by atoms with Gasteiger partial charge in [0.05, 0.1) is 0 Å². The zero-order chi connectivity index (χ0) is 8.55. The normalized spacial score (nSPS) is 22.4. The average Bonchev–Trinajstić information content (AvgIpc) is 2.28. The fraction of sp³-hybridized carbons (Fsp3) is 0.273. The number of hydrogen-bond donors (Lipinski definition) is 0. The Hall–Kier alpha value is -0.690. The molecule has 0 nitrogen and oxygen atoms in total. The minimum atomic E-state index is 1.07. The molecule has 0 saturated carbocycles. The number of rotatable bonds is 0. The van der Waals surface area contributed by atoms with Crippen molar-refractivity contribution in [3.63, 3.8) is 0 Å². The Morgan fingerprint density at radius 3 is 3.08 bits per heavy atom. The number of fused-ring (bicyclic) bond motifs is 1. The zero-order valence-corrected chi connectivity index (χ0v) is 8.08. The van der Waals surface area contributed by atoms with E-state index in [1.165, 1.54) is 21.6 Å². The van der Waals surface area contributed by atoms with Crippen LogP contribution in [0.1, 0.15) is 13.3 Å². The molecule has 0 N–H and O–H groups in total. The van der Waals surface area contributed by atoms with Crippen LogP contribution in [0.4, 0.5) is 0 Å². The van der Waals surface area contributed by atoms with Gasteiger partial charge in [-0.25, -0.2) is 0 Å². The monoisotopic (exact) mass is 176 g/mol. The van der Waals surface area contributed by atoms with Crippen LogP contribution < -0.4 is 0 Å². The van der Waals surface area contributed by atoms with Gasteiger partial charge in [-0.2, -0.15) is 0 Å². The van der Waals surface area contributed by atoms with E-state index in [1.54, 1.807) is 0 Å². The highest BCUT2D eigenvalue weighted by molar-refractivity contribution is 8.04. The molecule has 1 heteroatoms. The smallest absolute Gasteiger partial charge is 0.0232 e. The van der Waals surface area contributed by atoms with Gasteiger partial charge in [-0.15, -0.1) is 11.8 Å². The molecule has 0 aromatic rings. The zero-order valence-electron chi connectivity index (χ0n) is 7.26. The molecule has 0 spiro atoms. The van der Waals surface area contributed by atoms with Crippen molar-refractivity contribution >= 4 is 11.8 Å². The van der Waals surface area contributed by atoms with E-state index in [0.29, 0.717) is 0 Å². The first-order valence-corrected chi connectivity index (χ1v) is 5.15. The van der Waals surface area contributed by atoms with Crippen molar-refractivity contribution in [1.29, 1.82) is 0 Å². The molecule has 1 heterocycles. The van der Waals surface area contributed by atoms with E-state index in [-0.39, 0.29) is 0 Å². The number of hydrogen-bond acceptors (Lipinski definition) is 1. The van der Waals surface area contributed by atoms with Crippen LogP contribution in [0.2, 0.25) is 0 Å². The van der Waals surface area contributed by atoms with Gasteiger partial charge >= 0.3 is 0 Å². The van der Waals surface area contributed by atoms with Crippen LogP contribution in [0.15, 0.2) is 46.4 Å². The maximum atomic E-state index is 4.05. The van der Waals surface area contributed by atoms with Gasteiger partial charge in [-0.3, -0.25) is 0 Å². The molecule has 1 aliphatic heterocycles. The van der Waals surface area contributed by atoms with Gasteiger partial charge in [0, 0.05) is 10.7 Å². The molecular formula is C11H12S. The first kappa shape index (κ1) is 7.93. The van der Waals surface area contributed by atoms with Crippen LogP contribution in [0.25, 0.3) is 0 Å². The molecule has 2 aliphatic rings. The summed E-state index contributed by atoms with van der Waals surface area (Å²) < 4.78 is 0. The van der Waals surface area contributed by atoms with Gasteiger partial charge in [-0.05, 0) is 24.5 Å². The second kappa shape index (κ2) is 2.98. The van der Waals surface area contributed by atoms with Gasteiger partial charge in [-0.1, -0.05) is 30.4 Å². The first-order valence-electron chi connectivity index (χ1n) is 4.16. The Kier molecular flexibility index (Phi) is 1.97. The van der Waals surface area contributed by atoms with Crippen LogP contribution >= 0.6 is 11.8 Å². The van der Waals surface area contributed by atoms with Gasteiger partial charge in [0.1, 0.15) is 0 Å². The molecular weight excluding hydrogens is 164 g/mol. The highest BCUT2D eigenvalue weighted by Crippen LogP contribution is 2.40. The van der Waals surface area contributed by atoms with E-state index < -0.39 is 0 Å². The molecule has 0 radical (unpaired) electrons. The summed E-state index contributed by atoms with van der Waals surface area (Å²) in [5.41, 5.74) is 4.06. The minimum absolute atomic E-state index is 1.07. The third kappa shape index (κ3) is 1.29.